The highest BCUT2D eigenvalue weighted by atomic mass is 16.5. The highest BCUT2D eigenvalue weighted by molar-refractivity contribution is 6.04. The number of hydrogen-bond acceptors (Lipinski definition) is 4. The van der Waals surface area contributed by atoms with Gasteiger partial charge in [0.15, 0.2) is 0 Å². The number of para-hydroxylation sites is 2. The van der Waals surface area contributed by atoms with Crippen LogP contribution in [-0.2, 0) is 16.1 Å². The maximum absolute atomic E-state index is 13.0. The largest absolute Gasteiger partial charge is 0.459 e. The van der Waals surface area contributed by atoms with E-state index in [1.54, 1.807) is 7.05 Å². The van der Waals surface area contributed by atoms with E-state index in [4.69, 9.17) is 4.74 Å². The van der Waals surface area contributed by atoms with Crippen molar-refractivity contribution in [2.75, 3.05) is 18.5 Å². The summed E-state index contributed by atoms with van der Waals surface area (Å²) in [6, 6.07) is 36.4. The van der Waals surface area contributed by atoms with Gasteiger partial charge in [0.25, 0.3) is 0 Å². The molecule has 0 amide bonds. The lowest BCUT2D eigenvalue weighted by Crippen LogP contribution is -2.30. The summed E-state index contributed by atoms with van der Waals surface area (Å²) in [6.07, 6.45) is 6.05. The molecule has 0 spiro atoms. The molecular formula is C33H28N2O2. The Bertz CT molecular complexity index is 1420. The molecule has 4 aromatic rings. The molecule has 182 valence electrons. The number of hydrogen-bond donors (Lipinski definition) is 0. The number of benzene rings is 4. The van der Waals surface area contributed by atoms with Gasteiger partial charge in [-0.2, -0.15) is 0 Å². The highest BCUT2D eigenvalue weighted by Gasteiger charge is 2.28. The number of carbonyl (C=O) groups excluding carboxylic acids is 1. The second-order valence-corrected chi connectivity index (χ2v) is 8.72. The molecule has 4 aromatic carbocycles. The van der Waals surface area contributed by atoms with Gasteiger partial charge in [-0.25, -0.2) is 0 Å². The van der Waals surface area contributed by atoms with Gasteiger partial charge in [-0.05, 0) is 46.6 Å². The van der Waals surface area contributed by atoms with E-state index in [0.29, 0.717) is 0 Å². The first-order valence-electron chi connectivity index (χ1n) is 12.3. The topological polar surface area (TPSA) is 41.9 Å². The Hall–Kier alpha value is -4.70. The van der Waals surface area contributed by atoms with Gasteiger partial charge in [-0.1, -0.05) is 97.1 Å². The number of carbonyl (C=O) groups is 1. The summed E-state index contributed by atoms with van der Waals surface area (Å²) in [5, 5.41) is 0. The predicted molar refractivity (Wildman–Crippen MR) is 152 cm³/mol. The van der Waals surface area contributed by atoms with Gasteiger partial charge in [0, 0.05) is 35.8 Å². The molecule has 0 unspecified atom stereocenters. The summed E-state index contributed by atoms with van der Waals surface area (Å²) in [5.41, 5.74) is 8.30. The van der Waals surface area contributed by atoms with Gasteiger partial charge in [0.05, 0.1) is 0 Å². The van der Waals surface area contributed by atoms with Crippen molar-refractivity contribution in [3.8, 4) is 0 Å². The fourth-order valence-corrected chi connectivity index (χ4v) is 4.56. The summed E-state index contributed by atoms with van der Waals surface area (Å²) in [5.74, 6) is -0.273. The monoisotopic (exact) mass is 484 g/mol. The van der Waals surface area contributed by atoms with Crippen LogP contribution in [0.1, 0.15) is 22.3 Å². The standard InChI is InChI=1S/C33H28N2O2/c1-34-21-20-27(26-14-6-3-7-15-26)22-30-28-16-8-10-18-31(28)35(32-19-11-9-17-29(30)32)23-33(36)37-24-25-12-4-2-5-13-25/h2-22H,23-24H2,1H3/b27-20-,34-21?. The third-order valence-corrected chi connectivity index (χ3v) is 6.31. The molecule has 0 bridgehead atoms. The molecule has 5 rings (SSSR count). The van der Waals surface area contributed by atoms with Crippen LogP contribution in [0.25, 0.3) is 11.1 Å². The molecule has 4 heteroatoms. The van der Waals surface area contributed by atoms with E-state index in [1.807, 2.05) is 85.1 Å². The third kappa shape index (κ3) is 5.44. The van der Waals surface area contributed by atoms with E-state index in [0.717, 1.165) is 44.8 Å². The molecule has 0 aromatic heterocycles. The van der Waals surface area contributed by atoms with Crippen LogP contribution in [0.5, 0.6) is 0 Å². The first-order chi connectivity index (χ1) is 18.2. The fraction of sp³-hybridized carbons (Fsp3) is 0.0909. The van der Waals surface area contributed by atoms with E-state index >= 15 is 0 Å². The van der Waals surface area contributed by atoms with Crippen LogP contribution in [-0.4, -0.2) is 25.8 Å². The Balaban J connectivity index is 1.53. The second kappa shape index (κ2) is 11.4. The molecule has 0 saturated heterocycles. The number of allylic oxidation sites excluding steroid dienone is 3. The molecule has 0 saturated carbocycles. The first kappa shape index (κ1) is 24.0. The van der Waals surface area contributed by atoms with E-state index in [-0.39, 0.29) is 19.1 Å². The maximum atomic E-state index is 13.0. The van der Waals surface area contributed by atoms with Gasteiger partial charge in [-0.3, -0.25) is 9.79 Å². The van der Waals surface area contributed by atoms with Crippen LogP contribution in [0.4, 0.5) is 11.4 Å². The van der Waals surface area contributed by atoms with Crippen molar-refractivity contribution in [2.24, 2.45) is 4.99 Å². The SMILES string of the molecule is CN=C/C=C(/C=C1c2ccccc2N(CC(=O)OCc2ccccc2)c2ccccc21)c1ccccc1. The molecule has 1 aliphatic rings. The number of anilines is 2. The lowest BCUT2D eigenvalue weighted by atomic mass is 9.87. The molecular weight excluding hydrogens is 456 g/mol. The lowest BCUT2D eigenvalue weighted by molar-refractivity contribution is -0.143. The molecule has 1 heterocycles. The van der Waals surface area contributed by atoms with Gasteiger partial charge in [0.1, 0.15) is 13.2 Å². The minimum Gasteiger partial charge on any atom is -0.459 e. The Kier molecular flexibility index (Phi) is 7.37. The Morgan fingerprint density at radius 1 is 0.784 bits per heavy atom. The summed E-state index contributed by atoms with van der Waals surface area (Å²) < 4.78 is 5.64. The normalized spacial score (nSPS) is 12.7. The number of fused-ring (bicyclic) bond motifs is 2. The minimum atomic E-state index is -0.273. The van der Waals surface area contributed by atoms with E-state index in [2.05, 4.69) is 52.4 Å². The zero-order valence-electron chi connectivity index (χ0n) is 20.7. The van der Waals surface area contributed by atoms with Crippen molar-refractivity contribution in [3.63, 3.8) is 0 Å². The summed E-state index contributed by atoms with van der Waals surface area (Å²) in [6.45, 7) is 0.379. The van der Waals surface area contributed by atoms with Crippen LogP contribution in [0.3, 0.4) is 0 Å². The van der Waals surface area contributed by atoms with Crippen LogP contribution in [0.2, 0.25) is 0 Å². The zero-order chi connectivity index (χ0) is 25.5. The quantitative estimate of drug-likeness (QED) is 0.208. The van der Waals surface area contributed by atoms with Crippen molar-refractivity contribution in [1.82, 2.24) is 0 Å². The second-order valence-electron chi connectivity index (χ2n) is 8.72. The maximum Gasteiger partial charge on any atom is 0.326 e. The summed E-state index contributed by atoms with van der Waals surface area (Å²) >= 11 is 0. The molecule has 0 fully saturated rings. The molecule has 1 aliphatic heterocycles. The van der Waals surface area contributed by atoms with Crippen molar-refractivity contribution < 1.29 is 9.53 Å². The van der Waals surface area contributed by atoms with Crippen molar-refractivity contribution in [1.29, 1.82) is 0 Å². The Morgan fingerprint density at radius 3 is 1.97 bits per heavy atom. The average Bonchev–Trinajstić information content (AvgIpc) is 2.96. The van der Waals surface area contributed by atoms with Crippen LogP contribution in [0.15, 0.2) is 126 Å². The van der Waals surface area contributed by atoms with Gasteiger partial charge >= 0.3 is 5.97 Å². The van der Waals surface area contributed by atoms with Crippen molar-refractivity contribution in [3.05, 3.63) is 144 Å². The van der Waals surface area contributed by atoms with Crippen LogP contribution in [0, 0.1) is 0 Å². The van der Waals surface area contributed by atoms with E-state index < -0.39 is 0 Å². The van der Waals surface area contributed by atoms with Gasteiger partial charge < -0.3 is 9.64 Å². The predicted octanol–water partition coefficient (Wildman–Crippen LogP) is 7.10. The molecule has 0 radical (unpaired) electrons. The fourth-order valence-electron chi connectivity index (χ4n) is 4.56. The summed E-state index contributed by atoms with van der Waals surface area (Å²) in [4.78, 5) is 19.2. The van der Waals surface area contributed by atoms with Crippen molar-refractivity contribution >= 4 is 34.7 Å². The zero-order valence-corrected chi connectivity index (χ0v) is 20.7. The lowest BCUT2D eigenvalue weighted by Gasteiger charge is -2.34. The molecule has 0 atom stereocenters. The van der Waals surface area contributed by atoms with Crippen LogP contribution >= 0.6 is 0 Å². The Morgan fingerprint density at radius 2 is 1.35 bits per heavy atom. The van der Waals surface area contributed by atoms with Crippen LogP contribution < -0.4 is 4.90 Å². The molecule has 0 aliphatic carbocycles. The number of esters is 1. The molecule has 4 nitrogen and oxygen atoms in total. The average molecular weight is 485 g/mol. The molecule has 37 heavy (non-hydrogen) atoms. The molecule has 0 N–H and O–H groups in total. The highest BCUT2D eigenvalue weighted by Crippen LogP contribution is 2.45. The Labute approximate surface area is 217 Å². The third-order valence-electron chi connectivity index (χ3n) is 6.31. The van der Waals surface area contributed by atoms with Gasteiger partial charge in [0.2, 0.25) is 0 Å². The number of ether oxygens (including phenoxy) is 1. The first-order valence-corrected chi connectivity index (χ1v) is 12.3. The minimum absolute atomic E-state index is 0.123. The number of rotatable bonds is 7. The number of nitrogens with zero attached hydrogens (tertiary/aromatic N) is 2. The van der Waals surface area contributed by atoms with E-state index in [1.165, 1.54) is 0 Å². The summed E-state index contributed by atoms with van der Waals surface area (Å²) in [7, 11) is 1.77. The van der Waals surface area contributed by atoms with Gasteiger partial charge in [-0.15, -0.1) is 0 Å². The van der Waals surface area contributed by atoms with Crippen molar-refractivity contribution in [2.45, 2.75) is 6.61 Å². The van der Waals surface area contributed by atoms with E-state index in [9.17, 15) is 4.79 Å². The number of aliphatic imine (C=N–C) groups is 1. The smallest absolute Gasteiger partial charge is 0.326 e.